The number of carbonyl (C=O) groups is 1. The maximum Gasteiger partial charge on any atom is 0.270 e. The Kier molecular flexibility index (Phi) is 5.51. The molecule has 0 spiro atoms. The van der Waals surface area contributed by atoms with E-state index in [1.54, 1.807) is 30.1 Å². The normalized spacial score (nSPS) is 10.8. The number of ether oxygens (including phenoxy) is 1. The van der Waals surface area contributed by atoms with E-state index < -0.39 is 0 Å². The Hall–Kier alpha value is -4.52. The van der Waals surface area contributed by atoms with E-state index in [9.17, 15) is 4.79 Å². The topological polar surface area (TPSA) is 81.4 Å². The van der Waals surface area contributed by atoms with E-state index in [1.165, 1.54) is 0 Å². The fourth-order valence-electron chi connectivity index (χ4n) is 3.60. The first-order chi connectivity index (χ1) is 16.2. The van der Waals surface area contributed by atoms with Crippen LogP contribution >= 0.6 is 0 Å². The molecule has 0 saturated heterocycles. The Morgan fingerprint density at radius 2 is 1.82 bits per heavy atom. The lowest BCUT2D eigenvalue weighted by Crippen LogP contribution is -2.24. The molecule has 0 radical (unpaired) electrons. The van der Waals surface area contributed by atoms with Crippen LogP contribution in [0.5, 0.6) is 5.75 Å². The second-order valence-electron chi connectivity index (χ2n) is 7.47. The number of benzene rings is 2. The number of rotatable bonds is 6. The number of hydrogen-bond acceptors (Lipinski definition) is 5. The Labute approximate surface area is 190 Å². The molecular weight excluding hydrogens is 414 g/mol. The zero-order valence-electron chi connectivity index (χ0n) is 18.0. The van der Waals surface area contributed by atoms with Crippen molar-refractivity contribution in [3.63, 3.8) is 0 Å². The van der Waals surface area contributed by atoms with Gasteiger partial charge in [0.15, 0.2) is 5.65 Å². The molecule has 7 nitrogen and oxygen atoms in total. The molecule has 1 amide bonds. The third-order valence-corrected chi connectivity index (χ3v) is 5.27. The third kappa shape index (κ3) is 4.29. The lowest BCUT2D eigenvalue weighted by Gasteiger charge is -2.10. The highest BCUT2D eigenvalue weighted by Gasteiger charge is 2.16. The Bertz CT molecular complexity index is 1420. The van der Waals surface area contributed by atoms with Gasteiger partial charge in [-0.25, -0.2) is 9.50 Å². The van der Waals surface area contributed by atoms with Gasteiger partial charge in [0.2, 0.25) is 0 Å². The van der Waals surface area contributed by atoms with E-state index in [1.807, 2.05) is 72.8 Å². The minimum Gasteiger partial charge on any atom is -0.497 e. The molecule has 0 aliphatic rings. The number of pyridine rings is 1. The van der Waals surface area contributed by atoms with E-state index in [0.29, 0.717) is 17.9 Å². The maximum absolute atomic E-state index is 13.0. The molecule has 0 saturated carbocycles. The van der Waals surface area contributed by atoms with Crippen molar-refractivity contribution in [3.8, 4) is 28.3 Å². The quantitative estimate of drug-likeness (QED) is 0.428. The first kappa shape index (κ1) is 20.4. The molecule has 0 unspecified atom stereocenters. The summed E-state index contributed by atoms with van der Waals surface area (Å²) in [5.74, 6) is 0.448. The van der Waals surface area contributed by atoms with Crippen LogP contribution in [-0.2, 0) is 6.54 Å². The standard InChI is InChI=1S/C26H21N5O2/c1-33-21-11-5-10-20(13-21)24-14-23(26(32)28-17-18-7-6-12-27-16-18)29-25-15-22(30-31(24)25)19-8-3-2-4-9-19/h2-16H,17H2,1H3,(H,28,32). The van der Waals surface area contributed by atoms with Gasteiger partial charge in [0.1, 0.15) is 11.4 Å². The van der Waals surface area contributed by atoms with Crippen LogP contribution in [0.25, 0.3) is 28.2 Å². The van der Waals surface area contributed by atoms with Gasteiger partial charge in [-0.1, -0.05) is 48.5 Å². The SMILES string of the molecule is COc1cccc(-c2cc(C(=O)NCc3cccnc3)nc3cc(-c4ccccc4)nn23)c1. The van der Waals surface area contributed by atoms with Crippen LogP contribution in [-0.4, -0.2) is 32.6 Å². The molecular formula is C26H21N5O2. The number of nitrogens with one attached hydrogen (secondary N) is 1. The number of hydrogen-bond donors (Lipinski definition) is 1. The summed E-state index contributed by atoms with van der Waals surface area (Å²) in [5.41, 5.74) is 5.17. The van der Waals surface area contributed by atoms with Crippen molar-refractivity contribution < 1.29 is 9.53 Å². The molecule has 3 aromatic heterocycles. The zero-order valence-corrected chi connectivity index (χ0v) is 18.0. The lowest BCUT2D eigenvalue weighted by atomic mass is 10.1. The molecule has 0 fully saturated rings. The Morgan fingerprint density at radius 1 is 0.970 bits per heavy atom. The van der Waals surface area contributed by atoms with Crippen LogP contribution in [0.3, 0.4) is 0 Å². The third-order valence-electron chi connectivity index (χ3n) is 5.27. The molecule has 162 valence electrons. The second kappa shape index (κ2) is 8.92. The first-order valence-corrected chi connectivity index (χ1v) is 10.5. The average Bonchev–Trinajstić information content (AvgIpc) is 3.32. The minimum absolute atomic E-state index is 0.270. The van der Waals surface area contributed by atoms with Gasteiger partial charge >= 0.3 is 0 Å². The van der Waals surface area contributed by atoms with Gasteiger partial charge in [-0.2, -0.15) is 5.10 Å². The Morgan fingerprint density at radius 3 is 2.61 bits per heavy atom. The molecule has 7 heteroatoms. The zero-order chi connectivity index (χ0) is 22.6. The summed E-state index contributed by atoms with van der Waals surface area (Å²) in [7, 11) is 1.62. The van der Waals surface area contributed by atoms with Crippen LogP contribution in [0.2, 0.25) is 0 Å². The summed E-state index contributed by atoms with van der Waals surface area (Å²) in [6, 6.07) is 24.9. The summed E-state index contributed by atoms with van der Waals surface area (Å²) < 4.78 is 7.16. The molecule has 0 aliphatic carbocycles. The highest BCUT2D eigenvalue weighted by molar-refractivity contribution is 5.94. The molecule has 0 bridgehead atoms. The van der Waals surface area contributed by atoms with Crippen molar-refractivity contribution in [1.82, 2.24) is 24.9 Å². The first-order valence-electron chi connectivity index (χ1n) is 10.5. The highest BCUT2D eigenvalue weighted by Crippen LogP contribution is 2.27. The van der Waals surface area contributed by atoms with E-state index in [2.05, 4.69) is 15.3 Å². The van der Waals surface area contributed by atoms with Gasteiger partial charge in [0, 0.05) is 36.1 Å². The highest BCUT2D eigenvalue weighted by atomic mass is 16.5. The van der Waals surface area contributed by atoms with E-state index in [4.69, 9.17) is 9.84 Å². The number of fused-ring (bicyclic) bond motifs is 1. The fourth-order valence-corrected chi connectivity index (χ4v) is 3.60. The molecule has 1 N–H and O–H groups in total. The predicted octanol–water partition coefficient (Wildman–Crippen LogP) is 4.40. The van der Waals surface area contributed by atoms with Crippen molar-refractivity contribution >= 4 is 11.6 Å². The van der Waals surface area contributed by atoms with Crippen LogP contribution in [0.4, 0.5) is 0 Å². The molecule has 0 atom stereocenters. The van der Waals surface area contributed by atoms with Crippen LogP contribution < -0.4 is 10.1 Å². The van der Waals surface area contributed by atoms with Gasteiger partial charge in [0.25, 0.3) is 5.91 Å². The number of aromatic nitrogens is 4. The summed E-state index contributed by atoms with van der Waals surface area (Å²) in [6.45, 7) is 0.364. The van der Waals surface area contributed by atoms with Gasteiger partial charge in [-0.3, -0.25) is 9.78 Å². The van der Waals surface area contributed by atoms with E-state index >= 15 is 0 Å². The maximum atomic E-state index is 13.0. The van der Waals surface area contributed by atoms with Crippen molar-refractivity contribution in [2.24, 2.45) is 0 Å². The number of amides is 1. The fraction of sp³-hybridized carbons (Fsp3) is 0.0769. The molecule has 0 aliphatic heterocycles. The summed E-state index contributed by atoms with van der Waals surface area (Å²) in [4.78, 5) is 21.7. The van der Waals surface area contributed by atoms with Gasteiger partial charge in [-0.05, 0) is 29.8 Å². The van der Waals surface area contributed by atoms with Crippen molar-refractivity contribution in [1.29, 1.82) is 0 Å². The van der Waals surface area contributed by atoms with Gasteiger partial charge in [0.05, 0.1) is 18.5 Å². The van der Waals surface area contributed by atoms with Crippen molar-refractivity contribution in [3.05, 3.63) is 103 Å². The van der Waals surface area contributed by atoms with Crippen LogP contribution in [0.15, 0.2) is 91.3 Å². The molecule has 33 heavy (non-hydrogen) atoms. The second-order valence-corrected chi connectivity index (χ2v) is 7.47. The van der Waals surface area contributed by atoms with E-state index in [-0.39, 0.29) is 5.91 Å². The molecule has 3 heterocycles. The van der Waals surface area contributed by atoms with Crippen molar-refractivity contribution in [2.75, 3.05) is 7.11 Å². The molecule has 5 rings (SSSR count). The summed E-state index contributed by atoms with van der Waals surface area (Å²) >= 11 is 0. The predicted molar refractivity (Wildman–Crippen MR) is 126 cm³/mol. The van der Waals surface area contributed by atoms with Crippen molar-refractivity contribution in [2.45, 2.75) is 6.54 Å². The van der Waals surface area contributed by atoms with Gasteiger partial charge in [-0.15, -0.1) is 0 Å². The largest absolute Gasteiger partial charge is 0.497 e. The summed E-state index contributed by atoms with van der Waals surface area (Å²) in [5, 5.41) is 7.71. The van der Waals surface area contributed by atoms with Gasteiger partial charge < -0.3 is 10.1 Å². The number of methoxy groups -OCH3 is 1. The minimum atomic E-state index is -0.270. The molecule has 5 aromatic rings. The van der Waals surface area contributed by atoms with Crippen LogP contribution in [0, 0.1) is 0 Å². The average molecular weight is 435 g/mol. The van der Waals surface area contributed by atoms with E-state index in [0.717, 1.165) is 33.8 Å². The number of carbonyl (C=O) groups excluding carboxylic acids is 1. The lowest BCUT2D eigenvalue weighted by molar-refractivity contribution is 0.0946. The Balaban J connectivity index is 1.58. The summed E-state index contributed by atoms with van der Waals surface area (Å²) in [6.07, 6.45) is 3.42. The monoisotopic (exact) mass is 435 g/mol. The number of nitrogens with zero attached hydrogens (tertiary/aromatic N) is 4. The smallest absolute Gasteiger partial charge is 0.270 e. The molecule has 2 aromatic carbocycles. The van der Waals surface area contributed by atoms with Crippen LogP contribution in [0.1, 0.15) is 16.1 Å².